The molecule has 0 saturated carbocycles. The largest absolute Gasteiger partial charge is 0.406 e. The lowest BCUT2D eigenvalue weighted by Gasteiger charge is -2.21. The maximum atomic E-state index is 10.8. The van der Waals surface area contributed by atoms with Crippen molar-refractivity contribution in [1.29, 1.82) is 0 Å². The Morgan fingerprint density at radius 3 is 2.88 bits per heavy atom. The van der Waals surface area contributed by atoms with E-state index in [1.165, 1.54) is 18.1 Å². The van der Waals surface area contributed by atoms with E-state index in [-0.39, 0.29) is 23.7 Å². The van der Waals surface area contributed by atoms with Gasteiger partial charge in [-0.2, -0.15) is 11.8 Å². The number of nitro groups is 1. The van der Waals surface area contributed by atoms with Gasteiger partial charge in [0.2, 0.25) is 12.1 Å². The minimum atomic E-state index is -0.526. The van der Waals surface area contributed by atoms with Gasteiger partial charge in [0.15, 0.2) is 0 Å². The summed E-state index contributed by atoms with van der Waals surface area (Å²) in [6.45, 7) is 1.88. The number of nitrogens with zero attached hydrogens (tertiary/aromatic N) is 3. The van der Waals surface area contributed by atoms with E-state index < -0.39 is 4.92 Å². The molecule has 0 radical (unpaired) electrons. The fourth-order valence-electron chi connectivity index (χ4n) is 1.46. The minimum Gasteiger partial charge on any atom is -0.395 e. The fourth-order valence-corrected chi connectivity index (χ4v) is 2.09. The zero-order chi connectivity index (χ0) is 13.0. The van der Waals surface area contributed by atoms with Crippen molar-refractivity contribution < 1.29 is 10.0 Å². The maximum Gasteiger partial charge on any atom is 0.406 e. The molecule has 2 N–H and O–H groups in total. The van der Waals surface area contributed by atoms with Crippen LogP contribution in [0.25, 0.3) is 0 Å². The van der Waals surface area contributed by atoms with Crippen LogP contribution in [0, 0.1) is 10.1 Å². The van der Waals surface area contributed by atoms with Crippen molar-refractivity contribution in [2.45, 2.75) is 18.2 Å². The predicted octanol–water partition coefficient (Wildman–Crippen LogP) is 0.853. The third-order valence-electron chi connectivity index (χ3n) is 2.50. The number of thioether (sulfide) groups is 1. The van der Waals surface area contributed by atoms with Crippen molar-refractivity contribution in [3.63, 3.8) is 0 Å². The van der Waals surface area contributed by atoms with Crippen molar-refractivity contribution in [3.05, 3.63) is 16.4 Å². The second kappa shape index (κ2) is 5.87. The van der Waals surface area contributed by atoms with Gasteiger partial charge in [0.25, 0.3) is 0 Å². The van der Waals surface area contributed by atoms with Gasteiger partial charge in [0.05, 0.1) is 6.61 Å². The van der Waals surface area contributed by atoms with E-state index >= 15 is 0 Å². The van der Waals surface area contributed by atoms with Crippen LogP contribution >= 0.6 is 11.8 Å². The third-order valence-corrected chi connectivity index (χ3v) is 3.66. The van der Waals surface area contributed by atoms with Gasteiger partial charge in [-0.05, 0) is 23.1 Å². The van der Waals surface area contributed by atoms with Crippen LogP contribution in [0.1, 0.15) is 6.92 Å². The first-order valence-electron chi connectivity index (χ1n) is 5.07. The van der Waals surface area contributed by atoms with Crippen LogP contribution in [-0.4, -0.2) is 43.7 Å². The molecule has 1 heterocycles. The van der Waals surface area contributed by atoms with Gasteiger partial charge in [0.1, 0.15) is 0 Å². The highest BCUT2D eigenvalue weighted by Crippen LogP contribution is 2.24. The Kier molecular flexibility index (Phi) is 4.76. The Hall–Kier alpha value is -1.28. The molecule has 0 aliphatic carbocycles. The number of nitrogens with one attached hydrogen (secondary N) is 1. The van der Waals surface area contributed by atoms with Crippen molar-refractivity contribution in [3.8, 4) is 0 Å². The molecule has 0 bridgehead atoms. The number of aliphatic hydroxyl groups excluding tert-OH is 1. The summed E-state index contributed by atoms with van der Waals surface area (Å²) in [6, 6.07) is -0.0934. The topological polar surface area (TPSA) is 93.2 Å². The Bertz CT molecular complexity index is 392. The summed E-state index contributed by atoms with van der Waals surface area (Å²) in [6.07, 6.45) is 3.27. The number of imidazole rings is 1. The fraction of sp³-hybridized carbons (Fsp3) is 0.667. The highest BCUT2D eigenvalue weighted by molar-refractivity contribution is 7.99. The second-order valence-corrected chi connectivity index (χ2v) is 4.75. The van der Waals surface area contributed by atoms with Crippen LogP contribution in [0.3, 0.4) is 0 Å². The van der Waals surface area contributed by atoms with Crippen molar-refractivity contribution in [2.24, 2.45) is 7.05 Å². The third kappa shape index (κ3) is 3.10. The van der Waals surface area contributed by atoms with Gasteiger partial charge in [-0.25, -0.2) is 0 Å². The zero-order valence-electron chi connectivity index (χ0n) is 9.95. The first kappa shape index (κ1) is 13.8. The smallest absolute Gasteiger partial charge is 0.395 e. The first-order valence-corrected chi connectivity index (χ1v) is 6.36. The molecule has 8 heteroatoms. The lowest BCUT2D eigenvalue weighted by Crippen LogP contribution is -2.31. The number of rotatable bonds is 6. The van der Waals surface area contributed by atoms with E-state index in [1.54, 1.807) is 11.6 Å². The monoisotopic (exact) mass is 260 g/mol. The van der Waals surface area contributed by atoms with Gasteiger partial charge < -0.3 is 20.5 Å². The number of hydrogen-bond donors (Lipinski definition) is 2. The standard InChI is InChI=1S/C9H16N4O3S/c1-6(7(4-14)17-3)11-9-8(13(15)16)10-5-12(9)2/h5-7,11,14H,4H2,1-3H3/t6-,7-/m0/s1. The molecular formula is C9H16N4O3S. The van der Waals surface area contributed by atoms with E-state index in [2.05, 4.69) is 10.3 Å². The first-order chi connectivity index (χ1) is 8.01. The number of anilines is 1. The summed E-state index contributed by atoms with van der Waals surface area (Å²) >= 11 is 1.51. The molecule has 1 aromatic heterocycles. The van der Waals surface area contributed by atoms with Crippen molar-refractivity contribution >= 4 is 23.4 Å². The van der Waals surface area contributed by atoms with E-state index in [1.807, 2.05) is 13.2 Å². The van der Waals surface area contributed by atoms with E-state index in [0.717, 1.165) is 0 Å². The van der Waals surface area contributed by atoms with Gasteiger partial charge >= 0.3 is 5.82 Å². The quantitative estimate of drug-likeness (QED) is 0.582. The van der Waals surface area contributed by atoms with Gasteiger partial charge in [-0.1, -0.05) is 0 Å². The Morgan fingerprint density at radius 2 is 2.41 bits per heavy atom. The van der Waals surface area contributed by atoms with Gasteiger partial charge in [0, 0.05) is 18.3 Å². The Morgan fingerprint density at radius 1 is 1.76 bits per heavy atom. The zero-order valence-corrected chi connectivity index (χ0v) is 10.8. The molecule has 17 heavy (non-hydrogen) atoms. The van der Waals surface area contributed by atoms with E-state index in [9.17, 15) is 10.1 Å². The summed E-state index contributed by atoms with van der Waals surface area (Å²) in [5.74, 6) is 0.159. The molecule has 0 spiro atoms. The van der Waals surface area contributed by atoms with Crippen molar-refractivity contribution in [2.75, 3.05) is 18.2 Å². The van der Waals surface area contributed by atoms with E-state index in [4.69, 9.17) is 5.11 Å². The molecule has 7 nitrogen and oxygen atoms in total. The normalized spacial score (nSPS) is 14.4. The van der Waals surface area contributed by atoms with E-state index in [0.29, 0.717) is 5.82 Å². The number of aromatic nitrogens is 2. The molecule has 96 valence electrons. The molecule has 0 saturated heterocycles. The molecule has 0 aromatic carbocycles. The second-order valence-electron chi connectivity index (χ2n) is 3.67. The number of aryl methyl sites for hydroxylation is 1. The molecule has 0 amide bonds. The molecule has 1 aromatic rings. The highest BCUT2D eigenvalue weighted by atomic mass is 32.2. The SMILES string of the molecule is CS[C@@H](CO)[C@H](C)Nc1c([N+](=O)[O-])ncn1C. The van der Waals surface area contributed by atoms with Crippen LogP contribution in [0.15, 0.2) is 6.33 Å². The summed E-state index contributed by atoms with van der Waals surface area (Å²) < 4.78 is 1.56. The Labute approximate surface area is 103 Å². The minimum absolute atomic E-state index is 0.0149. The number of aliphatic hydroxyl groups is 1. The molecule has 0 aliphatic rings. The summed E-state index contributed by atoms with van der Waals surface area (Å²) in [4.78, 5) is 13.9. The molecule has 0 unspecified atom stereocenters. The molecular weight excluding hydrogens is 244 g/mol. The summed E-state index contributed by atoms with van der Waals surface area (Å²) in [5, 5.41) is 22.9. The van der Waals surface area contributed by atoms with Crippen molar-refractivity contribution in [1.82, 2.24) is 9.55 Å². The maximum absolute atomic E-state index is 10.8. The molecule has 0 fully saturated rings. The average molecular weight is 260 g/mol. The van der Waals surface area contributed by atoms with Crippen LogP contribution in [0.4, 0.5) is 11.6 Å². The van der Waals surface area contributed by atoms with Crippen LogP contribution < -0.4 is 5.32 Å². The van der Waals surface area contributed by atoms with Crippen LogP contribution in [0.5, 0.6) is 0 Å². The molecule has 0 aliphatic heterocycles. The molecule has 1 rings (SSSR count). The predicted molar refractivity (Wildman–Crippen MR) is 67.3 cm³/mol. The van der Waals surface area contributed by atoms with Gasteiger partial charge in [-0.15, -0.1) is 0 Å². The van der Waals surface area contributed by atoms with Crippen LogP contribution in [0.2, 0.25) is 0 Å². The average Bonchev–Trinajstić information content (AvgIpc) is 2.62. The Balaban J connectivity index is 2.87. The number of hydrogen-bond acceptors (Lipinski definition) is 6. The summed E-state index contributed by atoms with van der Waals surface area (Å²) in [7, 11) is 1.68. The van der Waals surface area contributed by atoms with Crippen LogP contribution in [-0.2, 0) is 7.05 Å². The van der Waals surface area contributed by atoms with Gasteiger partial charge in [-0.3, -0.25) is 4.57 Å². The lowest BCUT2D eigenvalue weighted by molar-refractivity contribution is -0.388. The summed E-state index contributed by atoms with van der Waals surface area (Å²) in [5.41, 5.74) is 0. The lowest BCUT2D eigenvalue weighted by atomic mass is 10.2. The molecule has 2 atom stereocenters. The highest BCUT2D eigenvalue weighted by Gasteiger charge is 2.24.